The molecule has 116 valence electrons. The molecule has 0 saturated heterocycles. The van der Waals surface area contributed by atoms with E-state index in [1.54, 1.807) is 0 Å². The van der Waals surface area contributed by atoms with Gasteiger partial charge in [0.25, 0.3) is 0 Å². The average molecular weight is 298 g/mol. The fourth-order valence-electron chi connectivity index (χ4n) is 2.48. The summed E-state index contributed by atoms with van der Waals surface area (Å²) in [4.78, 5) is 24.3. The second kappa shape index (κ2) is 7.07. The Hall–Kier alpha value is -2.36. The normalized spacial score (nSPS) is 16.2. The number of allylic oxidation sites excluding steroid dienone is 2. The van der Waals surface area contributed by atoms with Crippen LogP contribution in [0.2, 0.25) is 0 Å². The lowest BCUT2D eigenvalue weighted by Crippen LogP contribution is -2.33. The van der Waals surface area contributed by atoms with Gasteiger partial charge in [0.15, 0.2) is 0 Å². The quantitative estimate of drug-likeness (QED) is 0.793. The zero-order chi connectivity index (χ0) is 16.1. The number of para-hydroxylation sites is 1. The zero-order valence-corrected chi connectivity index (χ0v) is 13.2. The number of nitrogens with one attached hydrogen (secondary N) is 2. The van der Waals surface area contributed by atoms with Crippen LogP contribution in [0.1, 0.15) is 27.2 Å². The van der Waals surface area contributed by atoms with Crippen LogP contribution < -0.4 is 10.6 Å². The van der Waals surface area contributed by atoms with Gasteiger partial charge in [0.05, 0.1) is 11.4 Å². The van der Waals surface area contributed by atoms with Gasteiger partial charge >= 0.3 is 0 Å². The van der Waals surface area contributed by atoms with E-state index >= 15 is 0 Å². The Bertz CT molecular complexity index is 615. The van der Waals surface area contributed by atoms with Gasteiger partial charge in [-0.2, -0.15) is 0 Å². The van der Waals surface area contributed by atoms with Crippen LogP contribution in [0, 0.1) is 5.92 Å². The number of rotatable bonds is 6. The number of ketones is 2. The highest BCUT2D eigenvalue weighted by Crippen LogP contribution is 2.16. The van der Waals surface area contributed by atoms with E-state index in [-0.39, 0.29) is 17.6 Å². The Morgan fingerprint density at radius 1 is 0.909 bits per heavy atom. The van der Waals surface area contributed by atoms with Crippen LogP contribution in [0.5, 0.6) is 0 Å². The van der Waals surface area contributed by atoms with Crippen LogP contribution in [0.25, 0.3) is 0 Å². The maximum Gasteiger partial charge on any atom is 0.204 e. The molecule has 1 aliphatic rings. The Balaban J connectivity index is 2.04. The van der Waals surface area contributed by atoms with Crippen molar-refractivity contribution in [2.45, 2.75) is 33.2 Å². The topological polar surface area (TPSA) is 58.2 Å². The van der Waals surface area contributed by atoms with Crippen LogP contribution >= 0.6 is 0 Å². The molecule has 0 amide bonds. The first kappa shape index (κ1) is 16.0. The Kier molecular flexibility index (Phi) is 5.15. The summed E-state index contributed by atoms with van der Waals surface area (Å²) in [6, 6.07) is 9.48. The number of carbonyl (C=O) groups is 2. The van der Waals surface area contributed by atoms with Crippen LogP contribution in [-0.2, 0) is 9.59 Å². The molecule has 1 aromatic rings. The number of anilines is 1. The molecule has 0 fully saturated rings. The van der Waals surface area contributed by atoms with Crippen molar-refractivity contribution in [2.75, 3.05) is 5.32 Å². The van der Waals surface area contributed by atoms with Gasteiger partial charge in [-0.3, -0.25) is 9.59 Å². The highest BCUT2D eigenvalue weighted by atomic mass is 16.1. The number of carbonyl (C=O) groups excluding carboxylic acids is 2. The van der Waals surface area contributed by atoms with Gasteiger partial charge in [-0.15, -0.1) is 0 Å². The Morgan fingerprint density at radius 3 is 2.14 bits per heavy atom. The monoisotopic (exact) mass is 298 g/mol. The molecule has 2 rings (SSSR count). The third-order valence-electron chi connectivity index (χ3n) is 3.36. The van der Waals surface area contributed by atoms with Gasteiger partial charge in [-0.25, -0.2) is 0 Å². The largest absolute Gasteiger partial charge is 0.379 e. The van der Waals surface area contributed by atoms with Crippen molar-refractivity contribution in [1.82, 2.24) is 5.32 Å². The molecule has 1 atom stereocenters. The van der Waals surface area contributed by atoms with Crippen molar-refractivity contribution in [3.8, 4) is 0 Å². The molecular formula is C18H22N2O2. The van der Waals surface area contributed by atoms with Crippen molar-refractivity contribution >= 4 is 17.3 Å². The van der Waals surface area contributed by atoms with Crippen LogP contribution in [-0.4, -0.2) is 17.6 Å². The first-order chi connectivity index (χ1) is 10.5. The molecule has 0 unspecified atom stereocenters. The molecular weight excluding hydrogens is 276 g/mol. The van der Waals surface area contributed by atoms with Crippen LogP contribution in [0.15, 0.2) is 53.9 Å². The summed E-state index contributed by atoms with van der Waals surface area (Å²) in [5.41, 5.74) is 1.46. The molecule has 0 spiro atoms. The minimum atomic E-state index is -0.192. The van der Waals surface area contributed by atoms with Gasteiger partial charge < -0.3 is 10.6 Å². The lowest BCUT2D eigenvalue weighted by Gasteiger charge is -2.20. The molecule has 1 aliphatic carbocycles. The van der Waals surface area contributed by atoms with Crippen molar-refractivity contribution in [2.24, 2.45) is 5.92 Å². The Labute approximate surface area is 131 Å². The summed E-state index contributed by atoms with van der Waals surface area (Å²) >= 11 is 0. The molecule has 0 saturated carbocycles. The average Bonchev–Trinajstić information content (AvgIpc) is 2.44. The van der Waals surface area contributed by atoms with E-state index in [2.05, 4.69) is 24.5 Å². The van der Waals surface area contributed by atoms with Gasteiger partial charge in [-0.05, 0) is 31.4 Å². The standard InChI is InChI=1S/C18H22N2O2/c1-12(2)9-13(3)19-15-10-18(22)16(11-17(15)21)20-14-7-5-4-6-8-14/h4-8,10-13,19-20H,9H2,1-3H3/t13-/m0/s1. The highest BCUT2D eigenvalue weighted by Gasteiger charge is 2.21. The van der Waals surface area contributed by atoms with Crippen LogP contribution in [0.4, 0.5) is 5.69 Å². The van der Waals surface area contributed by atoms with Crippen molar-refractivity contribution in [3.63, 3.8) is 0 Å². The van der Waals surface area contributed by atoms with Crippen molar-refractivity contribution < 1.29 is 9.59 Å². The molecule has 22 heavy (non-hydrogen) atoms. The van der Waals surface area contributed by atoms with E-state index < -0.39 is 0 Å². The summed E-state index contributed by atoms with van der Waals surface area (Å²) < 4.78 is 0. The van der Waals surface area contributed by atoms with E-state index in [0.717, 1.165) is 12.1 Å². The van der Waals surface area contributed by atoms with E-state index in [9.17, 15) is 9.59 Å². The zero-order valence-electron chi connectivity index (χ0n) is 13.2. The van der Waals surface area contributed by atoms with Crippen molar-refractivity contribution in [3.05, 3.63) is 53.9 Å². The predicted molar refractivity (Wildman–Crippen MR) is 88.3 cm³/mol. The SMILES string of the molecule is CC(C)C[C@H](C)NC1=CC(=O)C(Nc2ccccc2)=CC1=O. The summed E-state index contributed by atoms with van der Waals surface area (Å²) in [5.74, 6) is 0.166. The maximum absolute atomic E-state index is 12.2. The summed E-state index contributed by atoms with van der Waals surface area (Å²) in [6.07, 6.45) is 3.68. The number of benzene rings is 1. The van der Waals surface area contributed by atoms with Gasteiger partial charge in [0, 0.05) is 23.9 Å². The predicted octanol–water partition coefficient (Wildman–Crippen LogP) is 3.04. The van der Waals surface area contributed by atoms with E-state index in [1.165, 1.54) is 12.2 Å². The lowest BCUT2D eigenvalue weighted by atomic mass is 10.0. The molecule has 2 N–H and O–H groups in total. The van der Waals surface area contributed by atoms with E-state index in [4.69, 9.17) is 0 Å². The third-order valence-corrected chi connectivity index (χ3v) is 3.36. The number of hydrogen-bond acceptors (Lipinski definition) is 4. The van der Waals surface area contributed by atoms with Gasteiger partial charge in [0.1, 0.15) is 0 Å². The second-order valence-electron chi connectivity index (χ2n) is 6.01. The fourth-order valence-corrected chi connectivity index (χ4v) is 2.48. The summed E-state index contributed by atoms with van der Waals surface area (Å²) in [7, 11) is 0. The minimum Gasteiger partial charge on any atom is -0.379 e. The van der Waals surface area contributed by atoms with Crippen LogP contribution in [0.3, 0.4) is 0 Å². The highest BCUT2D eigenvalue weighted by molar-refractivity contribution is 6.20. The molecule has 1 aromatic carbocycles. The van der Waals surface area contributed by atoms with E-state index in [0.29, 0.717) is 17.3 Å². The Morgan fingerprint density at radius 2 is 1.50 bits per heavy atom. The second-order valence-corrected chi connectivity index (χ2v) is 6.01. The fraction of sp³-hybridized carbons (Fsp3) is 0.333. The molecule has 4 nitrogen and oxygen atoms in total. The maximum atomic E-state index is 12.2. The molecule has 0 radical (unpaired) electrons. The van der Waals surface area contributed by atoms with E-state index in [1.807, 2.05) is 37.3 Å². The molecule has 0 aliphatic heterocycles. The summed E-state index contributed by atoms with van der Waals surface area (Å²) in [6.45, 7) is 6.27. The molecule has 0 heterocycles. The third kappa shape index (κ3) is 4.32. The number of hydrogen-bond donors (Lipinski definition) is 2. The first-order valence-electron chi connectivity index (χ1n) is 7.56. The minimum absolute atomic E-state index is 0.153. The molecule has 4 heteroatoms. The smallest absolute Gasteiger partial charge is 0.204 e. The first-order valence-corrected chi connectivity index (χ1v) is 7.56. The lowest BCUT2D eigenvalue weighted by molar-refractivity contribution is -0.115. The summed E-state index contributed by atoms with van der Waals surface area (Å²) in [5, 5.41) is 6.12. The molecule has 0 bridgehead atoms. The van der Waals surface area contributed by atoms with Gasteiger partial charge in [0.2, 0.25) is 11.6 Å². The van der Waals surface area contributed by atoms with Crippen molar-refractivity contribution in [1.29, 1.82) is 0 Å². The molecule has 0 aromatic heterocycles. The van der Waals surface area contributed by atoms with Gasteiger partial charge in [-0.1, -0.05) is 32.0 Å².